The first-order valence-electron chi connectivity index (χ1n) is 9.79. The Morgan fingerprint density at radius 3 is 2.48 bits per heavy atom. The molecule has 0 aliphatic carbocycles. The van der Waals surface area contributed by atoms with E-state index in [4.69, 9.17) is 22.8 Å². The standard InChI is InChI=1S/C22H25ClN2O7S/c1-7-13-11(2)15-10-32-21(28)17(15)18(24-22(29)25(4)5)14(13)8-9-16(23)12(3)19(20(26)27)33(6,30)31/h1,9,12,19H,8,10H2,2-6H3,(H,24,29)(H,26,27). The molecule has 1 aromatic carbocycles. The third-order valence-corrected chi connectivity index (χ3v) is 7.44. The number of carbonyl (C=O) groups is 3. The maximum absolute atomic E-state index is 12.5. The molecule has 178 valence electrons. The number of anilines is 1. The highest BCUT2D eigenvalue weighted by Crippen LogP contribution is 2.37. The van der Waals surface area contributed by atoms with E-state index in [1.54, 1.807) is 6.92 Å². The Kier molecular flexibility index (Phi) is 7.83. The molecule has 1 aromatic rings. The van der Waals surface area contributed by atoms with Crippen LogP contribution in [0.15, 0.2) is 11.1 Å². The number of nitrogens with one attached hydrogen (secondary N) is 1. The lowest BCUT2D eigenvalue weighted by molar-refractivity contribution is -0.137. The van der Waals surface area contributed by atoms with Crippen molar-refractivity contribution in [3.8, 4) is 12.3 Å². The summed E-state index contributed by atoms with van der Waals surface area (Å²) in [4.78, 5) is 37.7. The van der Waals surface area contributed by atoms with E-state index < -0.39 is 39.0 Å². The van der Waals surface area contributed by atoms with Gasteiger partial charge in [-0.3, -0.25) is 4.79 Å². The molecule has 1 aliphatic heterocycles. The molecule has 11 heteroatoms. The van der Waals surface area contributed by atoms with Crippen LogP contribution < -0.4 is 5.32 Å². The summed E-state index contributed by atoms with van der Waals surface area (Å²) in [6, 6.07) is -0.503. The van der Waals surface area contributed by atoms with Gasteiger partial charge in [0, 0.05) is 42.4 Å². The zero-order valence-electron chi connectivity index (χ0n) is 18.9. The lowest BCUT2D eigenvalue weighted by atomic mass is 9.89. The predicted octanol–water partition coefficient (Wildman–Crippen LogP) is 2.54. The summed E-state index contributed by atoms with van der Waals surface area (Å²) in [5.41, 5.74) is 2.39. The minimum Gasteiger partial charge on any atom is -0.480 e. The van der Waals surface area contributed by atoms with Gasteiger partial charge in [0.2, 0.25) is 0 Å². The number of aliphatic carboxylic acids is 1. The van der Waals surface area contributed by atoms with Gasteiger partial charge in [-0.25, -0.2) is 18.0 Å². The van der Waals surface area contributed by atoms with E-state index in [0.717, 1.165) is 6.26 Å². The summed E-state index contributed by atoms with van der Waals surface area (Å²) in [5, 5.41) is 10.3. The van der Waals surface area contributed by atoms with Crippen molar-refractivity contribution >= 4 is 45.1 Å². The van der Waals surface area contributed by atoms with Crippen molar-refractivity contribution in [1.82, 2.24) is 4.90 Å². The number of carboxylic acid groups (broad SMARTS) is 1. The second-order valence-corrected chi connectivity index (χ2v) is 10.5. The van der Waals surface area contributed by atoms with Crippen LogP contribution in [0.5, 0.6) is 0 Å². The van der Waals surface area contributed by atoms with Crippen molar-refractivity contribution in [2.75, 3.05) is 25.7 Å². The third-order valence-electron chi connectivity index (χ3n) is 5.41. The number of rotatable bonds is 7. The number of cyclic esters (lactones) is 1. The molecule has 2 atom stereocenters. The molecule has 2 N–H and O–H groups in total. The van der Waals surface area contributed by atoms with Crippen LogP contribution in [0.2, 0.25) is 0 Å². The number of fused-ring (bicyclic) bond motifs is 1. The normalized spacial score (nSPS) is 15.2. The Morgan fingerprint density at radius 2 is 2.00 bits per heavy atom. The summed E-state index contributed by atoms with van der Waals surface area (Å²) in [6.07, 6.45) is 8.00. The van der Waals surface area contributed by atoms with Gasteiger partial charge in [0.05, 0.1) is 11.3 Å². The largest absolute Gasteiger partial charge is 0.480 e. The maximum Gasteiger partial charge on any atom is 0.341 e. The summed E-state index contributed by atoms with van der Waals surface area (Å²) in [5.74, 6) is -0.602. The molecular weight excluding hydrogens is 472 g/mol. The van der Waals surface area contributed by atoms with Gasteiger partial charge in [-0.05, 0) is 24.5 Å². The summed E-state index contributed by atoms with van der Waals surface area (Å²) in [7, 11) is -0.886. The number of ether oxygens (including phenoxy) is 1. The highest BCUT2D eigenvalue weighted by atomic mass is 35.5. The average molecular weight is 497 g/mol. The Morgan fingerprint density at radius 1 is 1.39 bits per heavy atom. The highest BCUT2D eigenvalue weighted by Gasteiger charge is 2.36. The number of amides is 2. The number of carbonyl (C=O) groups excluding carboxylic acids is 2. The quantitative estimate of drug-likeness (QED) is 0.438. The number of esters is 1. The van der Waals surface area contributed by atoms with Crippen LogP contribution in [0.1, 0.15) is 39.5 Å². The maximum atomic E-state index is 12.5. The van der Waals surface area contributed by atoms with Crippen molar-refractivity contribution in [2.24, 2.45) is 5.92 Å². The molecule has 9 nitrogen and oxygen atoms in total. The molecule has 0 spiro atoms. The second-order valence-electron chi connectivity index (χ2n) is 7.92. The Balaban J connectivity index is 2.64. The van der Waals surface area contributed by atoms with Crippen molar-refractivity contribution in [3.63, 3.8) is 0 Å². The molecule has 2 amide bonds. The molecule has 1 heterocycles. The van der Waals surface area contributed by atoms with Crippen LogP contribution in [0, 0.1) is 25.2 Å². The Labute approximate surface area is 197 Å². The van der Waals surface area contributed by atoms with Crippen LogP contribution in [0.4, 0.5) is 10.5 Å². The van der Waals surface area contributed by atoms with Gasteiger partial charge in [0.1, 0.15) is 6.61 Å². The van der Waals surface area contributed by atoms with Crippen molar-refractivity contribution < 1.29 is 32.6 Å². The smallest absolute Gasteiger partial charge is 0.341 e. The van der Waals surface area contributed by atoms with E-state index in [2.05, 4.69) is 11.2 Å². The first-order valence-corrected chi connectivity index (χ1v) is 12.1. The number of halogens is 1. The molecule has 0 aromatic heterocycles. The van der Waals surface area contributed by atoms with Crippen LogP contribution in [0.25, 0.3) is 0 Å². The minimum absolute atomic E-state index is 0.00322. The Bertz CT molecular complexity index is 1200. The van der Waals surface area contributed by atoms with Gasteiger partial charge in [0.15, 0.2) is 15.1 Å². The molecule has 0 saturated carbocycles. The van der Waals surface area contributed by atoms with Crippen molar-refractivity contribution in [2.45, 2.75) is 32.1 Å². The molecular formula is C22H25ClN2O7S. The number of hydrogen-bond donors (Lipinski definition) is 2. The topological polar surface area (TPSA) is 130 Å². The monoisotopic (exact) mass is 496 g/mol. The van der Waals surface area contributed by atoms with E-state index in [9.17, 15) is 27.9 Å². The van der Waals surface area contributed by atoms with Crippen molar-refractivity contribution in [1.29, 1.82) is 0 Å². The van der Waals surface area contributed by atoms with E-state index in [1.807, 2.05) is 0 Å². The summed E-state index contributed by atoms with van der Waals surface area (Å²) in [6.45, 7) is 3.14. The van der Waals surface area contributed by atoms with Crippen molar-refractivity contribution in [3.05, 3.63) is 38.9 Å². The molecule has 0 fully saturated rings. The van der Waals surface area contributed by atoms with E-state index >= 15 is 0 Å². The molecule has 0 saturated heterocycles. The van der Waals surface area contributed by atoms with Gasteiger partial charge in [-0.15, -0.1) is 6.42 Å². The second kappa shape index (κ2) is 9.85. The molecule has 2 unspecified atom stereocenters. The fourth-order valence-electron chi connectivity index (χ4n) is 3.66. The summed E-state index contributed by atoms with van der Waals surface area (Å²) < 4.78 is 29.0. The number of benzene rings is 1. The van der Waals surface area contributed by atoms with Gasteiger partial charge in [-0.1, -0.05) is 30.5 Å². The van der Waals surface area contributed by atoms with Gasteiger partial charge in [0.25, 0.3) is 0 Å². The molecule has 1 aliphatic rings. The predicted molar refractivity (Wildman–Crippen MR) is 124 cm³/mol. The molecule has 0 bridgehead atoms. The fraction of sp³-hybridized carbons (Fsp3) is 0.409. The van der Waals surface area contributed by atoms with Crippen LogP contribution >= 0.6 is 11.6 Å². The zero-order chi connectivity index (χ0) is 25.2. The number of nitrogens with zero attached hydrogens (tertiary/aromatic N) is 1. The number of carboxylic acids is 1. The number of hydrogen-bond acceptors (Lipinski definition) is 6. The first-order chi connectivity index (χ1) is 15.2. The number of urea groups is 1. The number of allylic oxidation sites excluding steroid dienone is 2. The van der Waals surface area contributed by atoms with Crippen LogP contribution in [-0.4, -0.2) is 62.0 Å². The number of sulfone groups is 1. The minimum atomic E-state index is -3.94. The van der Waals surface area contributed by atoms with Crippen LogP contribution in [0.3, 0.4) is 0 Å². The van der Waals surface area contributed by atoms with E-state index in [0.29, 0.717) is 22.3 Å². The SMILES string of the molecule is C#Cc1c(C)c2c(c(NC(=O)N(C)C)c1CC=C(Cl)C(C)C(C(=O)O)S(C)(=O)=O)C(=O)OC2. The fourth-order valence-corrected chi connectivity index (χ4v) is 5.19. The van der Waals surface area contributed by atoms with Crippen LogP contribution in [-0.2, 0) is 32.4 Å². The number of terminal acetylenes is 1. The highest BCUT2D eigenvalue weighted by molar-refractivity contribution is 7.92. The molecule has 0 radical (unpaired) electrons. The van der Waals surface area contributed by atoms with E-state index in [1.165, 1.54) is 32.0 Å². The summed E-state index contributed by atoms with van der Waals surface area (Å²) >= 11 is 6.31. The molecule has 33 heavy (non-hydrogen) atoms. The first kappa shape index (κ1) is 26.2. The Hall–Kier alpha value is -3.03. The zero-order valence-corrected chi connectivity index (χ0v) is 20.4. The van der Waals surface area contributed by atoms with Gasteiger partial charge >= 0.3 is 18.0 Å². The lowest BCUT2D eigenvalue weighted by Gasteiger charge is -2.21. The lowest BCUT2D eigenvalue weighted by Crippen LogP contribution is -2.35. The van der Waals surface area contributed by atoms with Gasteiger partial charge < -0.3 is 20.1 Å². The molecule has 2 rings (SSSR count). The average Bonchev–Trinajstić information content (AvgIpc) is 3.08. The third kappa shape index (κ3) is 5.31. The van der Waals surface area contributed by atoms with E-state index in [-0.39, 0.29) is 29.3 Å². The van der Waals surface area contributed by atoms with Gasteiger partial charge in [-0.2, -0.15) is 0 Å².